The molecule has 0 fully saturated rings. The van der Waals surface area contributed by atoms with E-state index in [4.69, 9.17) is 29.0 Å². The highest BCUT2D eigenvalue weighted by molar-refractivity contribution is 7.26. The van der Waals surface area contributed by atoms with Gasteiger partial charge in [-0.25, -0.2) is 15.0 Å². The lowest BCUT2D eigenvalue weighted by molar-refractivity contribution is 0.671. The van der Waals surface area contributed by atoms with Gasteiger partial charge in [0, 0.05) is 58.4 Å². The maximum Gasteiger partial charge on any atom is 0.166 e. The number of hydrogen-bond acceptors (Lipinski definition) is 5. The van der Waals surface area contributed by atoms with Crippen molar-refractivity contribution < 1.29 is 18.1 Å². The fraction of sp³-hybridized carbons (Fsp3) is 0. The first-order chi connectivity index (χ1) is 29.5. The maximum absolute atomic E-state index is 9.41. The molecule has 0 amide bonds. The monoisotopic (exact) mass is 680 g/mol. The summed E-state index contributed by atoms with van der Waals surface area (Å²) in [6.45, 7) is 0. The first-order valence-corrected chi connectivity index (χ1v) is 17.0. The molecule has 7 aromatic carbocycles. The van der Waals surface area contributed by atoms with E-state index >= 15 is 0 Å². The number of fused-ring (bicyclic) bond motifs is 10. The van der Waals surface area contributed by atoms with Crippen LogP contribution >= 0.6 is 11.3 Å². The molecule has 238 valence electrons. The third kappa shape index (κ3) is 4.24. The minimum atomic E-state index is -0.540. The van der Waals surface area contributed by atoms with Crippen molar-refractivity contribution in [2.24, 2.45) is 0 Å². The number of nitrogens with zero attached hydrogens (tertiary/aromatic N) is 4. The van der Waals surface area contributed by atoms with Gasteiger partial charge in [-0.05, 0) is 42.4 Å². The summed E-state index contributed by atoms with van der Waals surface area (Å²) in [6.07, 6.45) is 0. The van der Waals surface area contributed by atoms with Crippen LogP contribution in [-0.4, -0.2) is 19.5 Å². The molecule has 0 spiro atoms. The molecular weight excluding hydrogens is 645 g/mol. The van der Waals surface area contributed by atoms with Crippen LogP contribution in [0.3, 0.4) is 0 Å². The van der Waals surface area contributed by atoms with Crippen LogP contribution in [0, 0.1) is 0 Å². The molecule has 4 heterocycles. The predicted octanol–water partition coefficient (Wildman–Crippen LogP) is 12.2. The Balaban J connectivity index is 1.30. The SMILES string of the molecule is [2H]c1c([2H])c([2H])c2c(oc3c2c([2H])c([2H])c2c4c([2H])c([2H])c([2H])c([2H])c4n(-c4ccccc4-c4nc(-c5ccccc5)nc(-c5cccc6c5sc5ccccc56)n4)c32)c1[2H]. The van der Waals surface area contributed by atoms with E-state index in [1.807, 2.05) is 54.6 Å². The molecule has 0 N–H and O–H groups in total. The van der Waals surface area contributed by atoms with Crippen molar-refractivity contribution in [2.75, 3.05) is 0 Å². The summed E-state index contributed by atoms with van der Waals surface area (Å²) in [4.78, 5) is 15.2. The molecule has 11 aromatic rings. The number of furan rings is 1. The second-order valence-corrected chi connectivity index (χ2v) is 13.1. The highest BCUT2D eigenvalue weighted by atomic mass is 32.1. The van der Waals surface area contributed by atoms with Crippen LogP contribution in [0.5, 0.6) is 0 Å². The highest BCUT2D eigenvalue weighted by Crippen LogP contribution is 2.43. The van der Waals surface area contributed by atoms with E-state index in [2.05, 4.69) is 18.2 Å². The van der Waals surface area contributed by atoms with Gasteiger partial charge in [-0.2, -0.15) is 0 Å². The van der Waals surface area contributed by atoms with Gasteiger partial charge in [0.25, 0.3) is 0 Å². The molecular formula is C45H26N4OS. The Morgan fingerprint density at radius 3 is 2.14 bits per heavy atom. The van der Waals surface area contributed by atoms with Crippen LogP contribution in [0.15, 0.2) is 162 Å². The Morgan fingerprint density at radius 1 is 0.529 bits per heavy atom. The third-order valence-corrected chi connectivity index (χ3v) is 10.4. The minimum Gasteiger partial charge on any atom is -0.454 e. The van der Waals surface area contributed by atoms with E-state index in [1.54, 1.807) is 40.2 Å². The van der Waals surface area contributed by atoms with Crippen molar-refractivity contribution in [3.63, 3.8) is 0 Å². The van der Waals surface area contributed by atoms with E-state index in [-0.39, 0.29) is 49.6 Å². The summed E-state index contributed by atoms with van der Waals surface area (Å²) in [5.74, 6) is 1.01. The van der Waals surface area contributed by atoms with Crippen LogP contribution in [-0.2, 0) is 0 Å². The molecule has 11 rings (SSSR count). The summed E-state index contributed by atoms with van der Waals surface area (Å²) in [5, 5.41) is 1.98. The van der Waals surface area contributed by atoms with Gasteiger partial charge >= 0.3 is 0 Å². The zero-order valence-electron chi connectivity index (χ0n) is 36.3. The van der Waals surface area contributed by atoms with Crippen molar-refractivity contribution in [3.05, 3.63) is 157 Å². The zero-order valence-corrected chi connectivity index (χ0v) is 27.2. The summed E-state index contributed by atoms with van der Waals surface area (Å²) < 4.78 is 98.9. The number of hydrogen-bond donors (Lipinski definition) is 0. The van der Waals surface area contributed by atoms with Gasteiger partial charge in [0.1, 0.15) is 5.58 Å². The average Bonchev–Trinajstić information content (AvgIpc) is 3.99. The normalized spacial score (nSPS) is 14.7. The molecule has 0 aliphatic heterocycles. The standard InChI is InChI=1S/C45H26N4OS/c1-2-13-27(14-3-1)43-46-44(48-45(47-43)35-20-12-19-33-30-17-7-11-24-39(30)51-42(33)35)34-18-5-9-22-37(34)49-36-21-8-4-15-28(36)31-25-26-32-29-16-6-10-23-38(29)50-41(32)40(31)49/h1-26H/i4D,6D,8D,10D,15D,16D,21D,23D,25D,26D. The Hall–Kier alpha value is -6.63. The summed E-state index contributed by atoms with van der Waals surface area (Å²) in [6, 6.07) is 26.0. The van der Waals surface area contributed by atoms with Gasteiger partial charge in [-0.1, -0.05) is 115 Å². The van der Waals surface area contributed by atoms with Crippen LogP contribution in [0.25, 0.3) is 104 Å². The lowest BCUT2D eigenvalue weighted by Gasteiger charge is -2.14. The summed E-state index contributed by atoms with van der Waals surface area (Å²) in [5.41, 5.74) is 2.02. The lowest BCUT2D eigenvalue weighted by Crippen LogP contribution is -2.03. The van der Waals surface area contributed by atoms with E-state index in [0.29, 0.717) is 22.9 Å². The molecule has 0 aliphatic rings. The molecule has 0 saturated carbocycles. The summed E-state index contributed by atoms with van der Waals surface area (Å²) in [7, 11) is 0. The first kappa shape index (κ1) is 20.1. The molecule has 5 nitrogen and oxygen atoms in total. The Bertz CT molecular complexity index is 3730. The smallest absolute Gasteiger partial charge is 0.166 e. The Labute approximate surface area is 309 Å². The number of benzene rings is 7. The van der Waals surface area contributed by atoms with E-state index in [9.17, 15) is 4.11 Å². The molecule has 0 radical (unpaired) electrons. The van der Waals surface area contributed by atoms with Gasteiger partial charge in [0.05, 0.1) is 30.4 Å². The predicted molar refractivity (Wildman–Crippen MR) is 211 cm³/mol. The third-order valence-electron chi connectivity index (χ3n) is 9.16. The molecule has 0 aliphatic carbocycles. The molecule has 0 saturated heterocycles. The van der Waals surface area contributed by atoms with Gasteiger partial charge in [-0.15, -0.1) is 11.3 Å². The Morgan fingerprint density at radius 2 is 1.22 bits per heavy atom. The number of para-hydroxylation sites is 3. The molecule has 0 atom stereocenters. The van der Waals surface area contributed by atoms with Crippen LogP contribution < -0.4 is 0 Å². The highest BCUT2D eigenvalue weighted by Gasteiger charge is 2.23. The lowest BCUT2D eigenvalue weighted by atomic mass is 10.1. The van der Waals surface area contributed by atoms with Gasteiger partial charge < -0.3 is 8.98 Å². The van der Waals surface area contributed by atoms with Crippen molar-refractivity contribution in [2.45, 2.75) is 0 Å². The summed E-state index contributed by atoms with van der Waals surface area (Å²) >= 11 is 1.63. The fourth-order valence-electron chi connectivity index (χ4n) is 6.92. The van der Waals surface area contributed by atoms with Crippen LogP contribution in [0.2, 0.25) is 0 Å². The number of thiophene rings is 1. The quantitative estimate of drug-likeness (QED) is 0.186. The topological polar surface area (TPSA) is 56.7 Å². The fourth-order valence-corrected chi connectivity index (χ4v) is 8.13. The first-order valence-electron chi connectivity index (χ1n) is 21.1. The molecule has 6 heteroatoms. The largest absolute Gasteiger partial charge is 0.454 e. The molecule has 0 unspecified atom stereocenters. The van der Waals surface area contributed by atoms with Gasteiger partial charge in [0.2, 0.25) is 0 Å². The van der Waals surface area contributed by atoms with Gasteiger partial charge in [0.15, 0.2) is 23.1 Å². The molecule has 51 heavy (non-hydrogen) atoms. The zero-order chi connectivity index (χ0) is 42.2. The molecule has 0 bridgehead atoms. The maximum atomic E-state index is 9.41. The van der Waals surface area contributed by atoms with Crippen molar-refractivity contribution in [3.8, 4) is 39.9 Å². The minimum absolute atomic E-state index is 0.0125. The number of rotatable bonds is 4. The van der Waals surface area contributed by atoms with Crippen LogP contribution in [0.4, 0.5) is 0 Å². The van der Waals surface area contributed by atoms with Crippen LogP contribution in [0.1, 0.15) is 13.7 Å². The van der Waals surface area contributed by atoms with Crippen molar-refractivity contribution in [1.29, 1.82) is 0 Å². The second-order valence-electron chi connectivity index (χ2n) is 12.0. The van der Waals surface area contributed by atoms with Crippen molar-refractivity contribution in [1.82, 2.24) is 19.5 Å². The Kier molecular flexibility index (Phi) is 4.32. The second kappa shape index (κ2) is 10.9. The van der Waals surface area contributed by atoms with E-state index < -0.39 is 60.4 Å². The van der Waals surface area contributed by atoms with E-state index in [1.165, 1.54) is 0 Å². The van der Waals surface area contributed by atoms with E-state index in [0.717, 1.165) is 31.3 Å². The average molecular weight is 681 g/mol. The van der Waals surface area contributed by atoms with Gasteiger partial charge in [-0.3, -0.25) is 0 Å². The van der Waals surface area contributed by atoms with Crippen molar-refractivity contribution >= 4 is 75.3 Å². The molecule has 4 aromatic heterocycles. The number of aromatic nitrogens is 4.